The van der Waals surface area contributed by atoms with Crippen molar-refractivity contribution >= 4 is 11.9 Å². The van der Waals surface area contributed by atoms with Gasteiger partial charge < -0.3 is 9.73 Å². The molecule has 98 valence electrons. The highest BCUT2D eigenvalue weighted by Gasteiger charge is 2.10. The van der Waals surface area contributed by atoms with Crippen LogP contribution in [0.2, 0.25) is 0 Å². The van der Waals surface area contributed by atoms with Gasteiger partial charge in [-0.2, -0.15) is 0 Å². The van der Waals surface area contributed by atoms with Crippen LogP contribution in [-0.4, -0.2) is 37.0 Å². The zero-order valence-electron chi connectivity index (χ0n) is 10.3. The Morgan fingerprint density at radius 3 is 2.94 bits per heavy atom. The maximum Gasteiger partial charge on any atom is 0.321 e. The number of nitrogens with zero attached hydrogens (tertiary/aromatic N) is 1. The summed E-state index contributed by atoms with van der Waals surface area (Å²) in [5.41, 5.74) is 0. The van der Waals surface area contributed by atoms with Gasteiger partial charge in [0, 0.05) is 6.54 Å². The molecule has 0 fully saturated rings. The van der Waals surface area contributed by atoms with Gasteiger partial charge in [-0.1, -0.05) is 6.08 Å². The fourth-order valence-corrected chi connectivity index (χ4v) is 1.34. The molecular formula is C12H17N3O3. The van der Waals surface area contributed by atoms with Crippen molar-refractivity contribution in [2.75, 3.05) is 20.1 Å². The Labute approximate surface area is 106 Å². The monoisotopic (exact) mass is 251 g/mol. The Morgan fingerprint density at radius 2 is 2.33 bits per heavy atom. The molecule has 6 heteroatoms. The van der Waals surface area contributed by atoms with E-state index in [4.69, 9.17) is 4.42 Å². The topological polar surface area (TPSA) is 74.6 Å². The van der Waals surface area contributed by atoms with Crippen molar-refractivity contribution in [2.45, 2.75) is 6.54 Å². The molecule has 0 atom stereocenters. The van der Waals surface area contributed by atoms with Crippen LogP contribution in [0.15, 0.2) is 35.5 Å². The minimum atomic E-state index is -0.522. The Balaban J connectivity index is 2.26. The van der Waals surface area contributed by atoms with E-state index in [0.29, 0.717) is 13.1 Å². The molecule has 0 unspecified atom stereocenters. The van der Waals surface area contributed by atoms with Gasteiger partial charge in [-0.05, 0) is 19.2 Å². The van der Waals surface area contributed by atoms with Crippen LogP contribution in [0.3, 0.4) is 0 Å². The van der Waals surface area contributed by atoms with Crippen molar-refractivity contribution in [3.63, 3.8) is 0 Å². The summed E-state index contributed by atoms with van der Waals surface area (Å²) in [5.74, 6) is 0.395. The molecule has 6 nitrogen and oxygen atoms in total. The van der Waals surface area contributed by atoms with Gasteiger partial charge in [0.05, 0.1) is 19.4 Å². The molecule has 3 amide bonds. The molecule has 2 N–H and O–H groups in total. The van der Waals surface area contributed by atoms with Crippen molar-refractivity contribution < 1.29 is 14.0 Å². The number of imide groups is 1. The predicted molar refractivity (Wildman–Crippen MR) is 66.8 cm³/mol. The molecule has 1 aromatic heterocycles. The van der Waals surface area contributed by atoms with Gasteiger partial charge in [0.15, 0.2) is 0 Å². The van der Waals surface area contributed by atoms with E-state index >= 15 is 0 Å². The normalized spacial score (nSPS) is 10.1. The van der Waals surface area contributed by atoms with Gasteiger partial charge in [-0.15, -0.1) is 6.58 Å². The molecule has 0 aliphatic carbocycles. The fourth-order valence-electron chi connectivity index (χ4n) is 1.34. The van der Waals surface area contributed by atoms with Crippen molar-refractivity contribution in [3.05, 3.63) is 36.8 Å². The molecule has 0 aliphatic heterocycles. The summed E-state index contributed by atoms with van der Waals surface area (Å²) in [7, 11) is 1.77. The van der Waals surface area contributed by atoms with Crippen LogP contribution >= 0.6 is 0 Å². The summed E-state index contributed by atoms with van der Waals surface area (Å²) in [5, 5.41) is 4.67. The molecule has 0 saturated heterocycles. The number of nitrogens with one attached hydrogen (secondary N) is 2. The summed E-state index contributed by atoms with van der Waals surface area (Å²) in [4.78, 5) is 24.4. The summed E-state index contributed by atoms with van der Waals surface area (Å²) >= 11 is 0. The molecule has 0 saturated carbocycles. The van der Waals surface area contributed by atoms with Gasteiger partial charge >= 0.3 is 6.03 Å². The first kappa shape index (κ1) is 14.0. The Morgan fingerprint density at radius 1 is 1.56 bits per heavy atom. The van der Waals surface area contributed by atoms with E-state index in [1.54, 1.807) is 24.3 Å². The van der Waals surface area contributed by atoms with Crippen molar-refractivity contribution in [1.29, 1.82) is 0 Å². The van der Waals surface area contributed by atoms with Crippen molar-refractivity contribution in [1.82, 2.24) is 15.5 Å². The molecule has 0 radical (unpaired) electrons. The first-order valence-electron chi connectivity index (χ1n) is 5.51. The van der Waals surface area contributed by atoms with Crippen molar-refractivity contribution in [3.8, 4) is 0 Å². The number of hydrogen-bond donors (Lipinski definition) is 2. The number of rotatable bonds is 6. The van der Waals surface area contributed by atoms with Gasteiger partial charge in [0.25, 0.3) is 0 Å². The summed E-state index contributed by atoms with van der Waals surface area (Å²) in [6, 6.07) is 3.09. The van der Waals surface area contributed by atoms with Crippen LogP contribution in [0.25, 0.3) is 0 Å². The van der Waals surface area contributed by atoms with Crippen LogP contribution < -0.4 is 10.6 Å². The van der Waals surface area contributed by atoms with Gasteiger partial charge in [-0.3, -0.25) is 15.0 Å². The van der Waals surface area contributed by atoms with Gasteiger partial charge in [0.2, 0.25) is 5.91 Å². The van der Waals surface area contributed by atoms with Crippen molar-refractivity contribution in [2.24, 2.45) is 0 Å². The highest BCUT2D eigenvalue weighted by Crippen LogP contribution is 2.02. The molecule has 0 aliphatic rings. The molecule has 0 bridgehead atoms. The third-order valence-corrected chi connectivity index (χ3v) is 2.08. The lowest BCUT2D eigenvalue weighted by Crippen LogP contribution is -2.43. The van der Waals surface area contributed by atoms with Crippen LogP contribution in [0.1, 0.15) is 5.76 Å². The molecule has 0 spiro atoms. The van der Waals surface area contributed by atoms with Gasteiger partial charge in [0.1, 0.15) is 5.76 Å². The standard InChI is InChI=1S/C12H17N3O3/c1-3-6-13-12(17)14-11(16)9-15(2)8-10-5-4-7-18-10/h3-5,7H,1,6,8-9H2,2H3,(H2,13,14,16,17). The fraction of sp³-hybridized carbons (Fsp3) is 0.333. The lowest BCUT2D eigenvalue weighted by molar-refractivity contribution is -0.121. The molecule has 1 heterocycles. The number of carbonyl (C=O) groups excluding carboxylic acids is 2. The highest BCUT2D eigenvalue weighted by molar-refractivity contribution is 5.95. The average Bonchev–Trinajstić information content (AvgIpc) is 2.78. The second-order valence-electron chi connectivity index (χ2n) is 3.80. The number of amides is 3. The number of urea groups is 1. The second-order valence-corrected chi connectivity index (χ2v) is 3.80. The third kappa shape index (κ3) is 5.31. The second kappa shape index (κ2) is 7.29. The molecule has 1 aromatic rings. The molecular weight excluding hydrogens is 234 g/mol. The number of carbonyl (C=O) groups is 2. The third-order valence-electron chi connectivity index (χ3n) is 2.08. The highest BCUT2D eigenvalue weighted by atomic mass is 16.3. The van der Waals surface area contributed by atoms with E-state index in [2.05, 4.69) is 17.2 Å². The lowest BCUT2D eigenvalue weighted by atomic mass is 10.4. The number of furan rings is 1. The van der Waals surface area contributed by atoms with Crippen LogP contribution in [0.4, 0.5) is 4.79 Å². The first-order chi connectivity index (χ1) is 8.61. The summed E-state index contributed by atoms with van der Waals surface area (Å²) in [6.07, 6.45) is 3.11. The first-order valence-corrected chi connectivity index (χ1v) is 5.51. The predicted octanol–water partition coefficient (Wildman–Crippen LogP) is 0.723. The lowest BCUT2D eigenvalue weighted by Gasteiger charge is -2.14. The van der Waals surface area contributed by atoms with Crippen LogP contribution in [-0.2, 0) is 11.3 Å². The average molecular weight is 251 g/mol. The zero-order valence-corrected chi connectivity index (χ0v) is 10.3. The quantitative estimate of drug-likeness (QED) is 0.731. The zero-order chi connectivity index (χ0) is 13.4. The number of hydrogen-bond acceptors (Lipinski definition) is 4. The van der Waals surface area contributed by atoms with E-state index in [0.717, 1.165) is 5.76 Å². The number of likely N-dealkylation sites (N-methyl/N-ethyl adjacent to an activating group) is 1. The summed E-state index contributed by atoms with van der Waals surface area (Å²) < 4.78 is 5.16. The van der Waals surface area contributed by atoms with Crippen LogP contribution in [0.5, 0.6) is 0 Å². The molecule has 1 rings (SSSR count). The van der Waals surface area contributed by atoms with Crippen LogP contribution in [0, 0.1) is 0 Å². The van der Waals surface area contributed by atoms with E-state index in [1.807, 2.05) is 6.07 Å². The maximum absolute atomic E-state index is 11.5. The van der Waals surface area contributed by atoms with Gasteiger partial charge in [-0.25, -0.2) is 4.79 Å². The SMILES string of the molecule is C=CCNC(=O)NC(=O)CN(C)Cc1ccco1. The van der Waals surface area contributed by atoms with E-state index in [1.165, 1.54) is 6.08 Å². The van der Waals surface area contributed by atoms with E-state index < -0.39 is 6.03 Å². The maximum atomic E-state index is 11.5. The van der Waals surface area contributed by atoms with E-state index in [-0.39, 0.29) is 12.5 Å². The Hall–Kier alpha value is -2.08. The minimum Gasteiger partial charge on any atom is -0.468 e. The van der Waals surface area contributed by atoms with E-state index in [9.17, 15) is 9.59 Å². The molecule has 18 heavy (non-hydrogen) atoms. The minimum absolute atomic E-state index is 0.113. The Bertz CT molecular complexity index is 401. The molecule has 0 aromatic carbocycles. The largest absolute Gasteiger partial charge is 0.468 e. The Kier molecular flexibility index (Phi) is 5.66. The smallest absolute Gasteiger partial charge is 0.321 e. The summed E-state index contributed by atoms with van der Waals surface area (Å²) in [6.45, 7) is 4.40.